The summed E-state index contributed by atoms with van der Waals surface area (Å²) in [6, 6.07) is 52.0. The summed E-state index contributed by atoms with van der Waals surface area (Å²) in [5.74, 6) is -1.63. The Labute approximate surface area is 384 Å². The van der Waals surface area contributed by atoms with Crippen molar-refractivity contribution in [3.05, 3.63) is 191 Å². The Bertz CT molecular complexity index is 2350. The van der Waals surface area contributed by atoms with Crippen LogP contribution in [-0.2, 0) is 30.1 Å². The van der Waals surface area contributed by atoms with Crippen molar-refractivity contribution in [3.63, 3.8) is 0 Å². The van der Waals surface area contributed by atoms with E-state index in [1.807, 2.05) is 84.9 Å². The molecule has 2 heterocycles. The fourth-order valence-electron chi connectivity index (χ4n) is 11.7. The number of hydrogen-bond donors (Lipinski definition) is 4. The summed E-state index contributed by atoms with van der Waals surface area (Å²) < 4.78 is 10.5. The molecule has 8 N–H and O–H groups in total. The number of carbonyl (C=O) groups excluding carboxylic acids is 2. The van der Waals surface area contributed by atoms with Gasteiger partial charge in [0.05, 0.1) is 37.5 Å². The number of rotatable bonds is 10. The van der Waals surface area contributed by atoms with Gasteiger partial charge in [0.1, 0.15) is 12.1 Å². The molecule has 2 fully saturated rings. The molecule has 0 saturated carbocycles. The molecule has 2 aliphatic carbocycles. The number of carbonyl (C=O) groups is 2. The van der Waals surface area contributed by atoms with Gasteiger partial charge in [0.25, 0.3) is 0 Å². The van der Waals surface area contributed by atoms with E-state index in [4.69, 9.17) is 9.47 Å². The first-order valence-corrected chi connectivity index (χ1v) is 22.1. The number of likely N-dealkylation sites (tertiary alicyclic amines) is 2. The topological polar surface area (TPSA) is 203 Å². The van der Waals surface area contributed by atoms with Gasteiger partial charge in [0.2, 0.25) is 0 Å². The minimum absolute atomic E-state index is 0. The van der Waals surface area contributed by atoms with E-state index in [-0.39, 0.29) is 24.2 Å². The van der Waals surface area contributed by atoms with Gasteiger partial charge in [-0.2, -0.15) is 0 Å². The molecule has 2 aliphatic heterocycles. The smallest absolute Gasteiger partial charge is 0.323 e. The van der Waals surface area contributed by atoms with Crippen molar-refractivity contribution in [2.75, 3.05) is 40.5 Å². The summed E-state index contributed by atoms with van der Waals surface area (Å²) in [4.78, 5) is 30.5. The average Bonchev–Trinajstić information content (AvgIpc) is 4.05. The van der Waals surface area contributed by atoms with Gasteiger partial charge in [0.15, 0.2) is 0 Å². The molecule has 0 aromatic heterocycles. The number of fused-ring (bicyclic) bond motifs is 6. The second-order valence-corrected chi connectivity index (χ2v) is 17.1. The SMILES string of the molecule is COC(=O)[C@@H]1[C@@H](CCO)[C@@H](O)CN1C1(c2ccccc2)c2ccccc2-c2ccccc21.COC(=O)[C@@H]1[C@@H](CCO)[C@@H](O)CN1C1(c2ccccc2)c2ccccc2-c2ccccc21.O.O. The van der Waals surface area contributed by atoms with Crippen molar-refractivity contribution < 1.29 is 50.4 Å². The van der Waals surface area contributed by atoms with Crippen molar-refractivity contribution in [1.82, 2.24) is 9.80 Å². The van der Waals surface area contributed by atoms with E-state index >= 15 is 0 Å². The lowest BCUT2D eigenvalue weighted by Gasteiger charge is -2.44. The number of esters is 2. The molecule has 0 spiro atoms. The number of methoxy groups -OCH3 is 2. The van der Waals surface area contributed by atoms with Gasteiger partial charge in [-0.1, -0.05) is 158 Å². The Kier molecular flexibility index (Phi) is 14.4. The fourth-order valence-corrected chi connectivity index (χ4v) is 11.7. The van der Waals surface area contributed by atoms with Crippen LogP contribution in [0.1, 0.15) is 46.2 Å². The van der Waals surface area contributed by atoms with Crippen LogP contribution in [-0.4, -0.2) is 118 Å². The zero-order chi connectivity index (χ0) is 44.6. The Morgan fingerprint density at radius 3 is 1.03 bits per heavy atom. The van der Waals surface area contributed by atoms with Gasteiger partial charge >= 0.3 is 11.9 Å². The molecule has 10 rings (SSSR count). The molecule has 6 aromatic carbocycles. The maximum Gasteiger partial charge on any atom is 0.323 e. The number of aliphatic hydroxyl groups excluding tert-OH is 4. The molecule has 12 heteroatoms. The van der Waals surface area contributed by atoms with E-state index in [9.17, 15) is 30.0 Å². The Balaban J connectivity index is 0.000000191. The van der Waals surface area contributed by atoms with Crippen LogP contribution in [0.15, 0.2) is 158 Å². The average molecular weight is 895 g/mol. The molecular formula is C54H58N2O10. The lowest BCUT2D eigenvalue weighted by Crippen LogP contribution is -2.53. The second-order valence-electron chi connectivity index (χ2n) is 17.1. The van der Waals surface area contributed by atoms with E-state index in [0.29, 0.717) is 25.9 Å². The van der Waals surface area contributed by atoms with Crippen molar-refractivity contribution >= 4 is 11.9 Å². The number of aliphatic hydroxyl groups is 4. The summed E-state index contributed by atoms with van der Waals surface area (Å²) in [5, 5.41) is 41.5. The van der Waals surface area contributed by atoms with Gasteiger partial charge in [-0.25, -0.2) is 0 Å². The predicted octanol–water partition coefficient (Wildman–Crippen LogP) is 4.70. The first-order chi connectivity index (χ1) is 31.3. The third-order valence-electron chi connectivity index (χ3n) is 14.1. The zero-order valence-corrected chi connectivity index (χ0v) is 37.0. The number of benzene rings is 6. The summed E-state index contributed by atoms with van der Waals surface area (Å²) in [6.07, 6.45) is -0.865. The van der Waals surface area contributed by atoms with Gasteiger partial charge in [-0.05, 0) is 68.5 Å². The third-order valence-corrected chi connectivity index (χ3v) is 14.1. The third kappa shape index (κ3) is 7.34. The Morgan fingerprint density at radius 1 is 0.485 bits per heavy atom. The molecule has 6 atom stereocenters. The monoisotopic (exact) mass is 894 g/mol. The molecule has 2 saturated heterocycles. The van der Waals surface area contributed by atoms with Crippen molar-refractivity contribution in [3.8, 4) is 22.3 Å². The Morgan fingerprint density at radius 2 is 0.758 bits per heavy atom. The highest BCUT2D eigenvalue weighted by Crippen LogP contribution is 2.58. The van der Waals surface area contributed by atoms with Crippen molar-refractivity contribution in [2.45, 2.75) is 48.2 Å². The zero-order valence-electron chi connectivity index (χ0n) is 37.0. The first-order valence-electron chi connectivity index (χ1n) is 22.1. The minimum atomic E-state index is -0.765. The standard InChI is InChI=1S/2C27H27NO4.2H2O/c2*1-32-26(31)25-21(15-16-29)24(30)17-28(25)27(18-9-3-2-4-10-18)22-13-7-5-11-19(22)20-12-6-8-14-23(20)27;;/h2*2-14,21,24-25,29-30H,15-17H2,1H3;2*1H2/t2*21-,24-,25-;;/m00../s1. The molecule has 4 aliphatic rings. The molecule has 12 nitrogen and oxygen atoms in total. The van der Waals surface area contributed by atoms with E-state index in [0.717, 1.165) is 55.6 Å². The lowest BCUT2D eigenvalue weighted by molar-refractivity contribution is -0.150. The van der Waals surface area contributed by atoms with E-state index in [2.05, 4.69) is 82.6 Å². The van der Waals surface area contributed by atoms with Gasteiger partial charge in [0, 0.05) is 38.1 Å². The second kappa shape index (κ2) is 19.8. The largest absolute Gasteiger partial charge is 0.468 e. The van der Waals surface area contributed by atoms with Crippen LogP contribution in [0.3, 0.4) is 0 Å². The van der Waals surface area contributed by atoms with Crippen molar-refractivity contribution in [1.29, 1.82) is 0 Å². The van der Waals surface area contributed by atoms with Crippen LogP contribution in [0.5, 0.6) is 0 Å². The highest BCUT2D eigenvalue weighted by molar-refractivity contribution is 5.86. The summed E-state index contributed by atoms with van der Waals surface area (Å²) in [6.45, 7) is 0.382. The predicted molar refractivity (Wildman–Crippen MR) is 251 cm³/mol. The molecule has 0 radical (unpaired) electrons. The van der Waals surface area contributed by atoms with E-state index in [1.54, 1.807) is 0 Å². The maximum atomic E-state index is 13.2. The van der Waals surface area contributed by atoms with Crippen LogP contribution in [0.2, 0.25) is 0 Å². The van der Waals surface area contributed by atoms with Gasteiger partial charge < -0.3 is 40.9 Å². The number of ether oxygens (including phenoxy) is 2. The fraction of sp³-hybridized carbons (Fsp3) is 0.296. The molecule has 0 unspecified atom stereocenters. The summed E-state index contributed by atoms with van der Waals surface area (Å²) in [5.41, 5.74) is 9.34. The number of hydrogen-bond acceptors (Lipinski definition) is 10. The summed E-state index contributed by atoms with van der Waals surface area (Å²) >= 11 is 0. The highest BCUT2D eigenvalue weighted by atomic mass is 16.5. The van der Waals surface area contributed by atoms with Crippen LogP contribution < -0.4 is 0 Å². The molecule has 0 amide bonds. The van der Waals surface area contributed by atoms with Crippen LogP contribution in [0.25, 0.3) is 22.3 Å². The van der Waals surface area contributed by atoms with E-state index < -0.39 is 59.1 Å². The lowest BCUT2D eigenvalue weighted by atomic mass is 9.78. The number of nitrogens with zero attached hydrogens (tertiary/aromatic N) is 2. The molecular weight excluding hydrogens is 837 g/mol. The normalized spacial score (nSPS) is 22.8. The maximum absolute atomic E-state index is 13.2. The Hall–Kier alpha value is -6.06. The minimum Gasteiger partial charge on any atom is -0.468 e. The summed E-state index contributed by atoms with van der Waals surface area (Å²) in [7, 11) is 2.76. The van der Waals surface area contributed by atoms with Crippen LogP contribution in [0, 0.1) is 11.8 Å². The van der Waals surface area contributed by atoms with Crippen LogP contribution in [0.4, 0.5) is 0 Å². The molecule has 66 heavy (non-hydrogen) atoms. The molecule has 6 aromatic rings. The van der Waals surface area contributed by atoms with Crippen molar-refractivity contribution in [2.24, 2.45) is 11.8 Å². The van der Waals surface area contributed by atoms with Gasteiger partial charge in [-0.15, -0.1) is 0 Å². The van der Waals surface area contributed by atoms with E-state index in [1.165, 1.54) is 14.2 Å². The number of β-amino-alcohol motifs (C(OH)–C–C–N with tert-alkyl or cyclic N) is 2. The quantitative estimate of drug-likeness (QED) is 0.140. The molecule has 344 valence electrons. The molecule has 0 bridgehead atoms. The van der Waals surface area contributed by atoms with Crippen LogP contribution >= 0.6 is 0 Å². The highest BCUT2D eigenvalue weighted by Gasteiger charge is 2.60. The first kappa shape index (κ1) is 47.9. The van der Waals surface area contributed by atoms with Gasteiger partial charge in [-0.3, -0.25) is 19.4 Å².